The zero-order valence-electron chi connectivity index (χ0n) is 15.3. The Morgan fingerprint density at radius 3 is 2.29 bits per heavy atom. The van der Waals surface area contributed by atoms with Gasteiger partial charge in [0.1, 0.15) is 11.5 Å². The van der Waals surface area contributed by atoms with Gasteiger partial charge in [0.2, 0.25) is 5.91 Å². The Labute approximate surface area is 165 Å². The second-order valence-electron chi connectivity index (χ2n) is 5.33. The maximum Gasteiger partial charge on any atom is 0.387 e. The Hall–Kier alpha value is -2.94. The molecular formula is C18H19ClF2N2O5. The molecule has 0 radical (unpaired) electrons. The number of ether oxygens (including phenoxy) is 4. The van der Waals surface area contributed by atoms with E-state index < -0.39 is 12.5 Å². The second kappa shape index (κ2) is 9.84. The minimum Gasteiger partial charge on any atom is -0.495 e. The Bertz CT molecular complexity index is 836. The molecule has 0 aliphatic carbocycles. The van der Waals surface area contributed by atoms with Gasteiger partial charge in [-0.1, -0.05) is 11.6 Å². The molecule has 0 bridgehead atoms. The molecule has 28 heavy (non-hydrogen) atoms. The molecule has 2 N–H and O–H groups in total. The first-order valence-electron chi connectivity index (χ1n) is 7.96. The summed E-state index contributed by atoms with van der Waals surface area (Å²) in [7, 11) is 4.24. The highest BCUT2D eigenvalue weighted by Crippen LogP contribution is 2.36. The van der Waals surface area contributed by atoms with Crippen LogP contribution in [0.15, 0.2) is 30.3 Å². The van der Waals surface area contributed by atoms with E-state index in [4.69, 9.17) is 25.8 Å². The van der Waals surface area contributed by atoms with Crippen LogP contribution in [0.2, 0.25) is 5.02 Å². The number of hydrogen-bond acceptors (Lipinski definition) is 6. The quantitative estimate of drug-likeness (QED) is 0.643. The van der Waals surface area contributed by atoms with Gasteiger partial charge >= 0.3 is 6.61 Å². The molecule has 0 aromatic heterocycles. The summed E-state index contributed by atoms with van der Waals surface area (Å²) < 4.78 is 44.6. The summed E-state index contributed by atoms with van der Waals surface area (Å²) in [5.74, 6) is 0.359. The van der Waals surface area contributed by atoms with Crippen molar-refractivity contribution in [2.45, 2.75) is 6.61 Å². The van der Waals surface area contributed by atoms with Crippen molar-refractivity contribution < 1.29 is 32.5 Å². The normalized spacial score (nSPS) is 10.4. The van der Waals surface area contributed by atoms with Gasteiger partial charge in [0, 0.05) is 17.8 Å². The van der Waals surface area contributed by atoms with Gasteiger partial charge in [0.15, 0.2) is 11.5 Å². The zero-order valence-corrected chi connectivity index (χ0v) is 16.1. The lowest BCUT2D eigenvalue weighted by molar-refractivity contribution is -0.114. The van der Waals surface area contributed by atoms with Crippen molar-refractivity contribution in [3.63, 3.8) is 0 Å². The summed E-state index contributed by atoms with van der Waals surface area (Å²) in [5, 5.41) is 5.77. The first-order valence-corrected chi connectivity index (χ1v) is 8.33. The zero-order chi connectivity index (χ0) is 20.7. The van der Waals surface area contributed by atoms with Crippen LogP contribution in [-0.2, 0) is 4.79 Å². The molecule has 0 heterocycles. The van der Waals surface area contributed by atoms with E-state index in [2.05, 4.69) is 15.4 Å². The molecule has 2 aromatic carbocycles. The molecule has 0 aliphatic rings. The number of rotatable bonds is 9. The van der Waals surface area contributed by atoms with Crippen LogP contribution in [-0.4, -0.2) is 40.4 Å². The number of nitrogens with one attached hydrogen (secondary N) is 2. The molecule has 2 aromatic rings. The first kappa shape index (κ1) is 21.4. The van der Waals surface area contributed by atoms with E-state index in [9.17, 15) is 13.6 Å². The van der Waals surface area contributed by atoms with Gasteiger partial charge < -0.3 is 29.6 Å². The summed E-state index contributed by atoms with van der Waals surface area (Å²) in [4.78, 5) is 12.2. The van der Waals surface area contributed by atoms with Crippen LogP contribution >= 0.6 is 11.6 Å². The third-order valence-corrected chi connectivity index (χ3v) is 3.88. The first-order chi connectivity index (χ1) is 13.4. The average Bonchev–Trinajstić information content (AvgIpc) is 2.66. The molecular weight excluding hydrogens is 398 g/mol. The molecule has 7 nitrogen and oxygen atoms in total. The molecule has 10 heteroatoms. The highest BCUT2D eigenvalue weighted by atomic mass is 35.5. The van der Waals surface area contributed by atoms with E-state index in [0.717, 1.165) is 0 Å². The van der Waals surface area contributed by atoms with E-state index in [1.165, 1.54) is 39.5 Å². The van der Waals surface area contributed by atoms with Gasteiger partial charge in [-0.05, 0) is 18.2 Å². The summed E-state index contributed by atoms with van der Waals surface area (Å²) >= 11 is 6.07. The Morgan fingerprint density at radius 2 is 1.68 bits per heavy atom. The molecule has 0 saturated heterocycles. The van der Waals surface area contributed by atoms with Crippen LogP contribution in [0.25, 0.3) is 0 Å². The van der Waals surface area contributed by atoms with Crippen molar-refractivity contribution in [1.82, 2.24) is 0 Å². The van der Waals surface area contributed by atoms with Crippen molar-refractivity contribution in [3.8, 4) is 23.0 Å². The largest absolute Gasteiger partial charge is 0.495 e. The minimum absolute atomic E-state index is 0.146. The maximum absolute atomic E-state index is 12.5. The maximum atomic E-state index is 12.5. The van der Waals surface area contributed by atoms with Crippen LogP contribution in [0.3, 0.4) is 0 Å². The van der Waals surface area contributed by atoms with Crippen LogP contribution in [0.1, 0.15) is 0 Å². The fourth-order valence-electron chi connectivity index (χ4n) is 2.31. The number of anilines is 2. The highest BCUT2D eigenvalue weighted by molar-refractivity contribution is 6.32. The van der Waals surface area contributed by atoms with Crippen molar-refractivity contribution in [2.75, 3.05) is 38.5 Å². The van der Waals surface area contributed by atoms with Crippen LogP contribution < -0.4 is 29.6 Å². The molecule has 0 saturated carbocycles. The summed E-state index contributed by atoms with van der Waals surface area (Å²) in [5.41, 5.74) is 0.753. The molecule has 0 spiro atoms. The number of halogens is 3. The molecule has 0 fully saturated rings. The predicted octanol–water partition coefficient (Wildman–Crippen LogP) is 4.02. The van der Waals surface area contributed by atoms with Gasteiger partial charge in [-0.3, -0.25) is 4.79 Å². The Balaban J connectivity index is 2.06. The minimum atomic E-state index is -3.00. The lowest BCUT2D eigenvalue weighted by atomic mass is 10.2. The number of carbonyl (C=O) groups is 1. The van der Waals surface area contributed by atoms with Gasteiger partial charge in [-0.25, -0.2) is 0 Å². The SMILES string of the molecule is COc1cc(OC)c(NC(=O)CNc2ccc(OC)c(OC(F)F)c2)cc1Cl. The monoisotopic (exact) mass is 416 g/mol. The molecule has 0 unspecified atom stereocenters. The number of methoxy groups -OCH3 is 3. The molecule has 0 aliphatic heterocycles. The molecule has 152 valence electrons. The van der Waals surface area contributed by atoms with E-state index >= 15 is 0 Å². The lowest BCUT2D eigenvalue weighted by Crippen LogP contribution is -2.22. The van der Waals surface area contributed by atoms with E-state index in [-0.39, 0.29) is 18.0 Å². The molecule has 0 atom stereocenters. The predicted molar refractivity (Wildman–Crippen MR) is 101 cm³/mol. The van der Waals surface area contributed by atoms with E-state index in [1.807, 2.05) is 0 Å². The third-order valence-electron chi connectivity index (χ3n) is 3.58. The van der Waals surface area contributed by atoms with Crippen LogP contribution in [0.4, 0.5) is 20.2 Å². The number of alkyl halides is 2. The fourth-order valence-corrected chi connectivity index (χ4v) is 2.55. The van der Waals surface area contributed by atoms with Gasteiger partial charge in [0.25, 0.3) is 0 Å². The Kier molecular flexibility index (Phi) is 7.51. The average molecular weight is 417 g/mol. The van der Waals surface area contributed by atoms with Crippen molar-refractivity contribution in [2.24, 2.45) is 0 Å². The molecule has 1 amide bonds. The van der Waals surface area contributed by atoms with E-state index in [0.29, 0.717) is 27.9 Å². The van der Waals surface area contributed by atoms with Crippen molar-refractivity contribution in [1.29, 1.82) is 0 Å². The van der Waals surface area contributed by atoms with Gasteiger partial charge in [-0.15, -0.1) is 0 Å². The number of carbonyl (C=O) groups excluding carboxylic acids is 1. The summed E-state index contributed by atoms with van der Waals surface area (Å²) in [6.45, 7) is -3.15. The van der Waals surface area contributed by atoms with Crippen LogP contribution in [0.5, 0.6) is 23.0 Å². The number of amides is 1. The highest BCUT2D eigenvalue weighted by Gasteiger charge is 2.14. The Morgan fingerprint density at radius 1 is 1.00 bits per heavy atom. The topological polar surface area (TPSA) is 78.1 Å². The van der Waals surface area contributed by atoms with Crippen molar-refractivity contribution in [3.05, 3.63) is 35.4 Å². The summed E-state index contributed by atoms with van der Waals surface area (Å²) in [6.07, 6.45) is 0. The van der Waals surface area contributed by atoms with Gasteiger partial charge in [-0.2, -0.15) is 8.78 Å². The van der Waals surface area contributed by atoms with Crippen LogP contribution in [0, 0.1) is 0 Å². The lowest BCUT2D eigenvalue weighted by Gasteiger charge is -2.14. The summed E-state index contributed by atoms with van der Waals surface area (Å²) in [6, 6.07) is 7.37. The standard InChI is InChI=1S/C18H19ClF2N2O5/c1-25-13-5-4-10(6-16(13)28-18(20)21)22-9-17(24)23-12-7-11(19)14(26-2)8-15(12)27-3/h4-8,18,22H,9H2,1-3H3,(H,23,24). The van der Waals surface area contributed by atoms with E-state index in [1.54, 1.807) is 12.1 Å². The number of benzene rings is 2. The molecule has 2 rings (SSSR count). The van der Waals surface area contributed by atoms with Crippen molar-refractivity contribution >= 4 is 28.9 Å². The van der Waals surface area contributed by atoms with Gasteiger partial charge in [0.05, 0.1) is 38.6 Å². The third kappa shape index (κ3) is 5.53. The smallest absolute Gasteiger partial charge is 0.387 e. The second-order valence-corrected chi connectivity index (χ2v) is 5.74. The fraction of sp³-hybridized carbons (Fsp3) is 0.278. The number of hydrogen-bond donors (Lipinski definition) is 2.